The van der Waals surface area contributed by atoms with Crippen molar-refractivity contribution in [2.75, 3.05) is 27.2 Å². The van der Waals surface area contributed by atoms with Gasteiger partial charge in [-0.3, -0.25) is 14.4 Å². The molecule has 2 bridgehead atoms. The van der Waals surface area contributed by atoms with Crippen LogP contribution in [0.1, 0.15) is 68.8 Å². The summed E-state index contributed by atoms with van der Waals surface area (Å²) in [5.41, 5.74) is 1.66. The Hall–Kier alpha value is -1.92. The lowest BCUT2D eigenvalue weighted by molar-refractivity contribution is 0.00837. The van der Waals surface area contributed by atoms with E-state index in [0.717, 1.165) is 49.8 Å². The first-order valence-corrected chi connectivity index (χ1v) is 12.2. The number of piperazine rings is 1. The van der Waals surface area contributed by atoms with Gasteiger partial charge in [0.25, 0.3) is 5.91 Å². The lowest BCUT2D eigenvalue weighted by Crippen LogP contribution is -2.63. The highest BCUT2D eigenvalue weighted by Gasteiger charge is 2.38. The zero-order chi connectivity index (χ0) is 21.8. The second-order valence-corrected chi connectivity index (χ2v) is 9.69. The smallest absolute Gasteiger partial charge is 0.272 e. The van der Waals surface area contributed by atoms with Gasteiger partial charge in [-0.25, -0.2) is 0 Å². The highest BCUT2D eigenvalue weighted by Crippen LogP contribution is 2.27. The SMILES string of the molecule is CCCCCCCCn1nc(C(=O)NC2CC3CN(C)CC(C2)N3C)c2ccccc21. The fraction of sp³-hybridized carbons (Fsp3) is 0.680. The monoisotopic (exact) mass is 425 g/mol. The van der Waals surface area contributed by atoms with Crippen LogP contribution in [0.5, 0.6) is 0 Å². The molecule has 6 nitrogen and oxygen atoms in total. The zero-order valence-electron chi connectivity index (χ0n) is 19.5. The first kappa shape index (κ1) is 22.3. The average molecular weight is 426 g/mol. The lowest BCUT2D eigenvalue weighted by Gasteiger charge is -2.50. The number of likely N-dealkylation sites (tertiary alicyclic amines) is 1. The van der Waals surface area contributed by atoms with Crippen molar-refractivity contribution in [2.45, 2.75) is 83.0 Å². The summed E-state index contributed by atoms with van der Waals surface area (Å²) in [5.74, 6) is -0.0149. The predicted octanol–water partition coefficient (Wildman–Crippen LogP) is 3.90. The summed E-state index contributed by atoms with van der Waals surface area (Å²) in [7, 11) is 4.44. The van der Waals surface area contributed by atoms with Crippen LogP contribution < -0.4 is 5.32 Å². The van der Waals surface area contributed by atoms with Gasteiger partial charge in [0, 0.05) is 43.1 Å². The number of para-hydroxylation sites is 1. The number of nitrogens with zero attached hydrogens (tertiary/aromatic N) is 4. The molecule has 2 fully saturated rings. The van der Waals surface area contributed by atoms with E-state index in [1.807, 2.05) is 22.9 Å². The van der Waals surface area contributed by atoms with Gasteiger partial charge in [-0.2, -0.15) is 5.10 Å². The number of rotatable bonds is 9. The molecule has 0 saturated carbocycles. The van der Waals surface area contributed by atoms with Crippen LogP contribution in [0.3, 0.4) is 0 Å². The first-order chi connectivity index (χ1) is 15.1. The van der Waals surface area contributed by atoms with Crippen LogP contribution in [0, 0.1) is 0 Å². The average Bonchev–Trinajstić information content (AvgIpc) is 3.11. The highest BCUT2D eigenvalue weighted by molar-refractivity contribution is 6.05. The number of fused-ring (bicyclic) bond motifs is 3. The quantitative estimate of drug-likeness (QED) is 0.619. The molecule has 1 aromatic heterocycles. The normalized spacial score (nSPS) is 24.5. The lowest BCUT2D eigenvalue weighted by atomic mass is 9.88. The van der Waals surface area contributed by atoms with Crippen molar-refractivity contribution >= 4 is 16.8 Å². The number of unbranched alkanes of at least 4 members (excludes halogenated alkanes) is 5. The van der Waals surface area contributed by atoms with Crippen molar-refractivity contribution < 1.29 is 4.79 Å². The molecule has 0 radical (unpaired) electrons. The van der Waals surface area contributed by atoms with Crippen molar-refractivity contribution in [3.63, 3.8) is 0 Å². The summed E-state index contributed by atoms with van der Waals surface area (Å²) in [6, 6.07) is 9.44. The molecule has 2 aliphatic heterocycles. The van der Waals surface area contributed by atoms with Crippen LogP contribution in [-0.2, 0) is 6.54 Å². The van der Waals surface area contributed by atoms with Crippen molar-refractivity contribution in [1.29, 1.82) is 0 Å². The number of piperidine rings is 1. The minimum atomic E-state index is -0.0149. The summed E-state index contributed by atoms with van der Waals surface area (Å²) in [6.07, 6.45) is 9.57. The van der Waals surface area contributed by atoms with Gasteiger partial charge >= 0.3 is 0 Å². The van der Waals surface area contributed by atoms with Crippen LogP contribution in [-0.4, -0.2) is 70.8 Å². The van der Waals surface area contributed by atoms with E-state index in [-0.39, 0.29) is 11.9 Å². The van der Waals surface area contributed by atoms with Gasteiger partial charge in [0.05, 0.1) is 5.52 Å². The fourth-order valence-corrected chi connectivity index (χ4v) is 5.46. The summed E-state index contributed by atoms with van der Waals surface area (Å²) >= 11 is 0. The minimum Gasteiger partial charge on any atom is -0.348 e. The Kier molecular flexibility index (Phi) is 7.28. The Morgan fingerprint density at radius 2 is 1.71 bits per heavy atom. The number of aryl methyl sites for hydroxylation is 1. The van der Waals surface area contributed by atoms with Gasteiger partial charge in [-0.15, -0.1) is 0 Å². The maximum atomic E-state index is 13.2. The van der Waals surface area contributed by atoms with Crippen LogP contribution >= 0.6 is 0 Å². The number of aromatic nitrogens is 2. The van der Waals surface area contributed by atoms with Crippen LogP contribution in [0.25, 0.3) is 10.9 Å². The maximum absolute atomic E-state index is 13.2. The van der Waals surface area contributed by atoms with Gasteiger partial charge in [0.15, 0.2) is 5.69 Å². The van der Waals surface area contributed by atoms with Gasteiger partial charge in [-0.05, 0) is 39.4 Å². The summed E-state index contributed by atoms with van der Waals surface area (Å²) in [4.78, 5) is 18.2. The van der Waals surface area contributed by atoms with Gasteiger partial charge in [-0.1, -0.05) is 57.2 Å². The van der Waals surface area contributed by atoms with Crippen molar-refractivity contribution in [2.24, 2.45) is 0 Å². The predicted molar refractivity (Wildman–Crippen MR) is 126 cm³/mol. The third kappa shape index (κ3) is 5.12. The number of carbonyl (C=O) groups excluding carboxylic acids is 1. The van der Waals surface area contributed by atoms with E-state index in [9.17, 15) is 4.79 Å². The molecule has 1 aromatic carbocycles. The molecule has 2 aliphatic rings. The Bertz CT molecular complexity index is 862. The molecule has 1 amide bonds. The van der Waals surface area contributed by atoms with E-state index < -0.39 is 0 Å². The Balaban J connectivity index is 1.41. The number of amides is 1. The van der Waals surface area contributed by atoms with Gasteiger partial charge in [0.2, 0.25) is 0 Å². The fourth-order valence-electron chi connectivity index (χ4n) is 5.46. The molecule has 1 N–H and O–H groups in total. The number of nitrogens with one attached hydrogen (secondary N) is 1. The van der Waals surface area contributed by atoms with Crippen molar-refractivity contribution in [3.8, 4) is 0 Å². The largest absolute Gasteiger partial charge is 0.348 e. The molecule has 3 heterocycles. The van der Waals surface area contributed by atoms with E-state index in [2.05, 4.69) is 42.2 Å². The third-order valence-electron chi connectivity index (χ3n) is 7.24. The maximum Gasteiger partial charge on any atom is 0.272 e. The molecule has 2 aromatic rings. The third-order valence-corrected chi connectivity index (χ3v) is 7.24. The number of hydrogen-bond donors (Lipinski definition) is 1. The zero-order valence-corrected chi connectivity index (χ0v) is 19.5. The molecule has 6 heteroatoms. The number of hydrogen-bond acceptors (Lipinski definition) is 4. The Labute approximate surface area is 187 Å². The standard InChI is InChI=1S/C25H39N5O/c1-4-5-6-7-8-11-14-30-23-13-10-9-12-22(23)24(27-30)25(31)26-19-15-20-17-28(2)18-21(16-19)29(20)3/h9-10,12-13,19-21H,4-8,11,14-18H2,1-3H3,(H,26,31). The molecule has 2 unspecified atom stereocenters. The number of likely N-dealkylation sites (N-methyl/N-ethyl adjacent to an activating group) is 2. The van der Waals surface area contributed by atoms with Crippen molar-refractivity contribution in [1.82, 2.24) is 24.9 Å². The second kappa shape index (κ2) is 10.1. The summed E-state index contributed by atoms with van der Waals surface area (Å²) < 4.78 is 2.04. The van der Waals surface area contributed by atoms with E-state index >= 15 is 0 Å². The first-order valence-electron chi connectivity index (χ1n) is 12.2. The number of carbonyl (C=O) groups is 1. The molecule has 4 rings (SSSR count). The Morgan fingerprint density at radius 1 is 1.03 bits per heavy atom. The number of benzene rings is 1. The minimum absolute atomic E-state index is 0.0149. The van der Waals surface area contributed by atoms with E-state index in [4.69, 9.17) is 5.10 Å². The van der Waals surface area contributed by atoms with Crippen LogP contribution in [0.2, 0.25) is 0 Å². The molecule has 2 saturated heterocycles. The topological polar surface area (TPSA) is 53.4 Å². The molecular weight excluding hydrogens is 386 g/mol. The molecule has 31 heavy (non-hydrogen) atoms. The van der Waals surface area contributed by atoms with Crippen molar-refractivity contribution in [3.05, 3.63) is 30.0 Å². The van der Waals surface area contributed by atoms with E-state index in [0.29, 0.717) is 17.8 Å². The van der Waals surface area contributed by atoms with Crippen LogP contribution in [0.4, 0.5) is 0 Å². The van der Waals surface area contributed by atoms with E-state index in [1.54, 1.807) is 0 Å². The van der Waals surface area contributed by atoms with Crippen LogP contribution in [0.15, 0.2) is 24.3 Å². The van der Waals surface area contributed by atoms with Gasteiger partial charge in [0.1, 0.15) is 0 Å². The van der Waals surface area contributed by atoms with Gasteiger partial charge < -0.3 is 10.2 Å². The molecule has 0 spiro atoms. The molecule has 170 valence electrons. The molecule has 2 atom stereocenters. The summed E-state index contributed by atoms with van der Waals surface area (Å²) in [5, 5.41) is 9.08. The molecule has 0 aliphatic carbocycles. The molecular formula is C25H39N5O. The van der Waals surface area contributed by atoms with E-state index in [1.165, 1.54) is 32.1 Å². The second-order valence-electron chi connectivity index (χ2n) is 9.69. The Morgan fingerprint density at radius 3 is 2.45 bits per heavy atom. The highest BCUT2D eigenvalue weighted by atomic mass is 16.2. The summed E-state index contributed by atoms with van der Waals surface area (Å²) in [6.45, 7) is 5.29.